The number of rotatable bonds is 5. The van der Waals surface area contributed by atoms with E-state index in [2.05, 4.69) is 0 Å². The van der Waals surface area contributed by atoms with Crippen LogP contribution in [0, 0.1) is 0 Å². The maximum atomic E-state index is 11.6. The molecule has 0 amide bonds. The van der Waals surface area contributed by atoms with Crippen LogP contribution in [0.1, 0.15) is 13.8 Å². The van der Waals surface area contributed by atoms with Gasteiger partial charge in [0.05, 0.1) is 11.6 Å². The number of ether oxygens (including phenoxy) is 1. The van der Waals surface area contributed by atoms with Crippen LogP contribution in [-0.2, 0) is 14.3 Å². The molecular formula is C10H15NO3S. The molecule has 1 fully saturated rings. The molecule has 0 aromatic heterocycles. The lowest BCUT2D eigenvalue weighted by Gasteiger charge is -2.11. The molecule has 15 heavy (non-hydrogen) atoms. The summed E-state index contributed by atoms with van der Waals surface area (Å²) in [7, 11) is 0. The van der Waals surface area contributed by atoms with Gasteiger partial charge < -0.3 is 9.64 Å². The van der Waals surface area contributed by atoms with Crippen molar-refractivity contribution in [3.8, 4) is 0 Å². The summed E-state index contributed by atoms with van der Waals surface area (Å²) in [4.78, 5) is 25.0. The second-order valence-corrected chi connectivity index (χ2v) is 3.94. The molecule has 1 saturated heterocycles. The van der Waals surface area contributed by atoms with Crippen LogP contribution >= 0.6 is 11.8 Å². The van der Waals surface area contributed by atoms with Gasteiger partial charge in [-0.3, -0.25) is 4.79 Å². The van der Waals surface area contributed by atoms with E-state index in [1.165, 1.54) is 18.7 Å². The van der Waals surface area contributed by atoms with Gasteiger partial charge in [-0.1, -0.05) is 0 Å². The molecule has 1 rings (SSSR count). The fourth-order valence-electron chi connectivity index (χ4n) is 1.23. The SMILES string of the molecule is CCOC(=O)/C(C(C)=O)=C(/SC)N1CC1. The second-order valence-electron chi connectivity index (χ2n) is 3.15. The minimum absolute atomic E-state index is 0.182. The highest BCUT2D eigenvalue weighted by molar-refractivity contribution is 8.02. The van der Waals surface area contributed by atoms with Crippen molar-refractivity contribution in [2.45, 2.75) is 13.8 Å². The zero-order valence-electron chi connectivity index (χ0n) is 9.20. The lowest BCUT2D eigenvalue weighted by molar-refractivity contribution is -0.139. The van der Waals surface area contributed by atoms with Crippen LogP contribution in [-0.4, -0.2) is 42.6 Å². The van der Waals surface area contributed by atoms with E-state index in [1.54, 1.807) is 6.92 Å². The van der Waals surface area contributed by atoms with Gasteiger partial charge in [0.2, 0.25) is 0 Å². The Labute approximate surface area is 93.6 Å². The molecule has 1 aliphatic rings. The Hall–Kier alpha value is -0.970. The smallest absolute Gasteiger partial charge is 0.344 e. The zero-order chi connectivity index (χ0) is 11.4. The maximum Gasteiger partial charge on any atom is 0.344 e. The third-order valence-electron chi connectivity index (χ3n) is 1.97. The molecule has 0 spiro atoms. The zero-order valence-corrected chi connectivity index (χ0v) is 10.0. The van der Waals surface area contributed by atoms with Gasteiger partial charge in [-0.05, 0) is 20.1 Å². The average molecular weight is 229 g/mol. The third-order valence-corrected chi connectivity index (χ3v) is 2.82. The first kappa shape index (κ1) is 12.1. The Balaban J connectivity index is 2.97. The van der Waals surface area contributed by atoms with Crippen LogP contribution in [0.2, 0.25) is 0 Å². The fourth-order valence-corrected chi connectivity index (χ4v) is 2.10. The molecule has 0 bridgehead atoms. The highest BCUT2D eigenvalue weighted by atomic mass is 32.2. The van der Waals surface area contributed by atoms with Gasteiger partial charge in [0.15, 0.2) is 5.78 Å². The van der Waals surface area contributed by atoms with E-state index >= 15 is 0 Å². The van der Waals surface area contributed by atoms with Crippen LogP contribution < -0.4 is 0 Å². The van der Waals surface area contributed by atoms with Gasteiger partial charge >= 0.3 is 5.97 Å². The van der Waals surface area contributed by atoms with Gasteiger partial charge in [-0.15, -0.1) is 11.8 Å². The van der Waals surface area contributed by atoms with E-state index < -0.39 is 5.97 Å². The van der Waals surface area contributed by atoms with Gasteiger partial charge in [0.1, 0.15) is 5.57 Å². The second kappa shape index (κ2) is 5.21. The van der Waals surface area contributed by atoms with E-state index in [-0.39, 0.29) is 18.0 Å². The average Bonchev–Trinajstić information content (AvgIpc) is 2.96. The number of Topliss-reactive ketones (excluding diaryl/α,β-unsaturated/α-hetero) is 1. The normalized spacial score (nSPS) is 15.8. The summed E-state index contributed by atoms with van der Waals surface area (Å²) in [6.45, 7) is 5.23. The summed E-state index contributed by atoms with van der Waals surface area (Å²) in [6, 6.07) is 0. The number of hydrogen-bond acceptors (Lipinski definition) is 5. The number of carbonyl (C=O) groups excluding carboxylic acids is 2. The van der Waals surface area contributed by atoms with E-state index in [0.29, 0.717) is 0 Å². The number of esters is 1. The largest absolute Gasteiger partial charge is 0.462 e. The number of nitrogens with zero attached hydrogens (tertiary/aromatic N) is 1. The van der Waals surface area contributed by atoms with Crippen LogP contribution in [0.4, 0.5) is 0 Å². The lowest BCUT2D eigenvalue weighted by atomic mass is 10.2. The number of ketones is 1. The molecule has 0 aromatic rings. The molecule has 0 radical (unpaired) electrons. The summed E-state index contributed by atoms with van der Waals surface area (Å²) in [5, 5.41) is 0.737. The Bertz CT molecular complexity index is 308. The van der Waals surface area contributed by atoms with Gasteiger partial charge in [0, 0.05) is 13.1 Å². The highest BCUT2D eigenvalue weighted by Gasteiger charge is 2.29. The monoisotopic (exact) mass is 229 g/mol. The molecule has 0 atom stereocenters. The van der Waals surface area contributed by atoms with Crippen LogP contribution in [0.15, 0.2) is 10.6 Å². The first-order valence-corrected chi connectivity index (χ1v) is 6.05. The number of hydrogen-bond donors (Lipinski definition) is 0. The molecule has 0 aliphatic carbocycles. The molecule has 84 valence electrons. The van der Waals surface area contributed by atoms with Crippen LogP contribution in [0.5, 0.6) is 0 Å². The number of thioether (sulfide) groups is 1. The minimum Gasteiger partial charge on any atom is -0.462 e. The number of carbonyl (C=O) groups is 2. The summed E-state index contributed by atoms with van der Waals surface area (Å²) in [5.74, 6) is -0.744. The molecular weight excluding hydrogens is 214 g/mol. The molecule has 1 aliphatic heterocycles. The van der Waals surface area contributed by atoms with E-state index in [0.717, 1.165) is 18.1 Å². The molecule has 4 nitrogen and oxygen atoms in total. The summed E-state index contributed by atoms with van der Waals surface area (Å²) < 4.78 is 4.87. The maximum absolute atomic E-state index is 11.6. The van der Waals surface area contributed by atoms with Crippen molar-refractivity contribution in [2.24, 2.45) is 0 Å². The first-order chi connectivity index (χ1) is 7.11. The molecule has 0 unspecified atom stereocenters. The first-order valence-electron chi connectivity index (χ1n) is 4.83. The quantitative estimate of drug-likeness (QED) is 0.232. The van der Waals surface area contributed by atoms with E-state index in [4.69, 9.17) is 4.74 Å². The predicted octanol–water partition coefficient (Wildman–Crippen LogP) is 1.03. The molecule has 5 heteroatoms. The third kappa shape index (κ3) is 2.99. The van der Waals surface area contributed by atoms with Crippen molar-refractivity contribution in [1.82, 2.24) is 4.90 Å². The van der Waals surface area contributed by atoms with Crippen molar-refractivity contribution in [1.29, 1.82) is 0 Å². The van der Waals surface area contributed by atoms with Crippen molar-refractivity contribution in [2.75, 3.05) is 26.0 Å². The van der Waals surface area contributed by atoms with E-state index in [1.807, 2.05) is 11.2 Å². The topological polar surface area (TPSA) is 46.4 Å². The standard InChI is InChI=1S/C10H15NO3S/c1-4-14-10(13)8(7(2)12)9(15-3)11-5-6-11/h4-6H2,1-3H3/b9-8+. The van der Waals surface area contributed by atoms with Crippen molar-refractivity contribution in [3.63, 3.8) is 0 Å². The van der Waals surface area contributed by atoms with Crippen molar-refractivity contribution in [3.05, 3.63) is 10.6 Å². The Kier molecular flexibility index (Phi) is 4.20. The highest BCUT2D eigenvalue weighted by Crippen LogP contribution is 2.28. The predicted molar refractivity (Wildman–Crippen MR) is 59.4 cm³/mol. The van der Waals surface area contributed by atoms with Gasteiger partial charge in [-0.2, -0.15) is 0 Å². The Morgan fingerprint density at radius 3 is 2.33 bits per heavy atom. The van der Waals surface area contributed by atoms with Gasteiger partial charge in [0.25, 0.3) is 0 Å². The summed E-state index contributed by atoms with van der Waals surface area (Å²) in [6.07, 6.45) is 1.86. The minimum atomic E-state index is -0.513. The van der Waals surface area contributed by atoms with Crippen molar-refractivity contribution < 1.29 is 14.3 Å². The molecule has 0 N–H and O–H groups in total. The van der Waals surface area contributed by atoms with Gasteiger partial charge in [-0.25, -0.2) is 4.79 Å². The van der Waals surface area contributed by atoms with E-state index in [9.17, 15) is 9.59 Å². The Morgan fingerprint density at radius 1 is 1.40 bits per heavy atom. The fraction of sp³-hybridized carbons (Fsp3) is 0.600. The van der Waals surface area contributed by atoms with Crippen LogP contribution in [0.3, 0.4) is 0 Å². The summed E-state index contributed by atoms with van der Waals surface area (Å²) in [5.41, 5.74) is 0.182. The lowest BCUT2D eigenvalue weighted by Crippen LogP contribution is -2.17. The molecule has 1 heterocycles. The van der Waals surface area contributed by atoms with Crippen molar-refractivity contribution >= 4 is 23.5 Å². The Morgan fingerprint density at radius 2 is 2.00 bits per heavy atom. The molecule has 0 aromatic carbocycles. The van der Waals surface area contributed by atoms with Crippen LogP contribution in [0.25, 0.3) is 0 Å². The summed E-state index contributed by atoms with van der Waals surface area (Å²) >= 11 is 1.42. The molecule has 0 saturated carbocycles.